The van der Waals surface area contributed by atoms with E-state index in [2.05, 4.69) is 12.1 Å². The van der Waals surface area contributed by atoms with Crippen LogP contribution in [0.25, 0.3) is 65.7 Å². The summed E-state index contributed by atoms with van der Waals surface area (Å²) < 4.78 is 66.2. The lowest BCUT2D eigenvalue weighted by atomic mass is 9.86. The van der Waals surface area contributed by atoms with Gasteiger partial charge >= 0.3 is 0 Å². The first-order valence-electron chi connectivity index (χ1n) is 14.2. The van der Waals surface area contributed by atoms with Gasteiger partial charge in [0.2, 0.25) is 0 Å². The third-order valence-corrected chi connectivity index (χ3v) is 6.13. The van der Waals surface area contributed by atoms with Gasteiger partial charge in [-0.2, -0.15) is 0 Å². The van der Waals surface area contributed by atoms with Crippen LogP contribution in [0.5, 0.6) is 0 Å². The van der Waals surface area contributed by atoms with Crippen molar-refractivity contribution in [2.24, 2.45) is 0 Å². The van der Waals surface area contributed by atoms with Gasteiger partial charge < -0.3 is 4.42 Å². The largest absolute Gasteiger partial charge is 0.456 e. The van der Waals surface area contributed by atoms with E-state index < -0.39 is 12.1 Å². The minimum atomic E-state index is -0.450. The monoisotopic (exact) mass is 427 g/mol. The molecule has 7 rings (SSSR count). The zero-order valence-electron chi connectivity index (χ0n) is 24.4. The molecule has 6 aromatic carbocycles. The highest BCUT2D eigenvalue weighted by atomic mass is 16.3. The number of hydrogen-bond donors (Lipinski definition) is 0. The maximum Gasteiger partial charge on any atom is 0.136 e. The molecule has 1 heteroatoms. The molecule has 0 radical (unpaired) electrons. The minimum Gasteiger partial charge on any atom is -0.456 e. The molecule has 0 unspecified atom stereocenters. The molecular weight excluding hydrogens is 400 g/mol. The molecule has 0 N–H and O–H groups in total. The van der Waals surface area contributed by atoms with E-state index in [1.54, 1.807) is 0 Å². The molecule has 1 nitrogen and oxygen atoms in total. The lowest BCUT2D eigenvalue weighted by Crippen LogP contribution is -1.90. The van der Waals surface area contributed by atoms with Gasteiger partial charge in [0, 0.05) is 10.8 Å². The van der Waals surface area contributed by atoms with Crippen molar-refractivity contribution < 1.29 is 14.0 Å². The van der Waals surface area contributed by atoms with Crippen molar-refractivity contribution in [3.8, 4) is 22.3 Å². The lowest BCUT2D eigenvalue weighted by Gasteiger charge is -2.17. The van der Waals surface area contributed by atoms with E-state index in [4.69, 9.17) is 12.6 Å². The van der Waals surface area contributed by atoms with Crippen molar-refractivity contribution >= 4 is 43.5 Å². The van der Waals surface area contributed by atoms with Crippen LogP contribution < -0.4 is 0 Å². The third kappa shape index (κ3) is 2.73. The fraction of sp³-hybridized carbons (Fsp3) is 0. The molecule has 0 saturated heterocycles. The summed E-state index contributed by atoms with van der Waals surface area (Å²) in [6, 6.07) is 23.5. The summed E-state index contributed by atoms with van der Waals surface area (Å²) in [6.07, 6.45) is 0. The topological polar surface area (TPSA) is 13.1 Å². The number of fused-ring (bicyclic) bond motifs is 5. The molecule has 1 aromatic heterocycles. The predicted molar refractivity (Wildman–Crippen MR) is 140 cm³/mol. The Labute approximate surface area is 201 Å². The summed E-state index contributed by atoms with van der Waals surface area (Å²) in [5.41, 5.74) is 2.78. The maximum absolute atomic E-state index is 9.25. The van der Waals surface area contributed by atoms with Crippen molar-refractivity contribution in [1.82, 2.24) is 0 Å². The van der Waals surface area contributed by atoms with Crippen LogP contribution in [-0.2, 0) is 0 Å². The fourth-order valence-electron chi connectivity index (χ4n) is 4.74. The number of hydrogen-bond acceptors (Lipinski definition) is 1. The van der Waals surface area contributed by atoms with Crippen molar-refractivity contribution in [2.75, 3.05) is 0 Å². The summed E-state index contributed by atoms with van der Waals surface area (Å²) in [5.74, 6) is 0. The van der Waals surface area contributed by atoms with Crippen molar-refractivity contribution in [2.45, 2.75) is 0 Å². The minimum absolute atomic E-state index is 0.0219. The van der Waals surface area contributed by atoms with Gasteiger partial charge in [-0.25, -0.2) is 0 Å². The Kier molecular flexibility index (Phi) is 2.71. The fourth-order valence-corrected chi connectivity index (χ4v) is 4.74. The second-order valence-electron chi connectivity index (χ2n) is 7.97. The molecule has 33 heavy (non-hydrogen) atoms. The average molecular weight is 428 g/mol. The molecule has 154 valence electrons. The van der Waals surface area contributed by atoms with Gasteiger partial charge in [0.1, 0.15) is 11.2 Å². The SMILES string of the molecule is [2H]c1c([2H])c([2H])c2c(oc3c([2H])c(-c4c5ccccc5c(-c5ccccc5)c5ccccc45)c([2H])c([2H])c32)c1[2H]. The van der Waals surface area contributed by atoms with E-state index >= 15 is 0 Å². The molecule has 0 aliphatic carbocycles. The van der Waals surface area contributed by atoms with Gasteiger partial charge in [-0.3, -0.25) is 0 Å². The second kappa shape index (κ2) is 7.08. The number of para-hydroxylation sites is 1. The van der Waals surface area contributed by atoms with Crippen molar-refractivity contribution in [3.63, 3.8) is 0 Å². The van der Waals surface area contributed by atoms with Crippen LogP contribution in [0.15, 0.2) is 126 Å². The molecular formula is C32H20O. The highest BCUT2D eigenvalue weighted by molar-refractivity contribution is 6.22. The van der Waals surface area contributed by atoms with Gasteiger partial charge in [0.05, 0.1) is 9.60 Å². The molecule has 0 aliphatic rings. The van der Waals surface area contributed by atoms with Crippen LogP contribution in [0.4, 0.5) is 0 Å². The normalized spacial score (nSPS) is 14.6. The number of rotatable bonds is 2. The zero-order chi connectivity index (χ0) is 27.9. The molecule has 1 heterocycles. The van der Waals surface area contributed by atoms with Gasteiger partial charge in [-0.1, -0.05) is 103 Å². The van der Waals surface area contributed by atoms with Crippen LogP contribution in [0, 0.1) is 0 Å². The molecule has 0 spiro atoms. The average Bonchev–Trinajstić information content (AvgIpc) is 3.39. The Bertz CT molecular complexity index is 2130. The van der Waals surface area contributed by atoms with Gasteiger partial charge in [-0.05, 0) is 61.9 Å². The van der Waals surface area contributed by atoms with E-state index in [1.807, 2.05) is 66.7 Å². The summed E-state index contributed by atoms with van der Waals surface area (Å²) >= 11 is 0. The van der Waals surface area contributed by atoms with Crippen LogP contribution in [0.1, 0.15) is 9.60 Å². The molecule has 0 saturated carbocycles. The zero-order valence-corrected chi connectivity index (χ0v) is 17.4. The van der Waals surface area contributed by atoms with Crippen molar-refractivity contribution in [1.29, 1.82) is 0 Å². The van der Waals surface area contributed by atoms with Gasteiger partial charge in [0.25, 0.3) is 0 Å². The molecule has 0 atom stereocenters. The Balaban J connectivity index is 1.69. The van der Waals surface area contributed by atoms with E-state index in [1.165, 1.54) is 0 Å². The second-order valence-corrected chi connectivity index (χ2v) is 7.97. The summed E-state index contributed by atoms with van der Waals surface area (Å²) in [7, 11) is 0. The van der Waals surface area contributed by atoms with E-state index in [-0.39, 0.29) is 57.7 Å². The molecule has 0 aliphatic heterocycles. The molecule has 0 fully saturated rings. The molecule has 7 aromatic rings. The van der Waals surface area contributed by atoms with Gasteiger partial charge in [-0.15, -0.1) is 0 Å². The smallest absolute Gasteiger partial charge is 0.136 e. The van der Waals surface area contributed by atoms with Crippen molar-refractivity contribution in [3.05, 3.63) is 121 Å². The summed E-state index contributed by atoms with van der Waals surface area (Å²) in [5, 5.41) is 3.60. The van der Waals surface area contributed by atoms with Gasteiger partial charge in [0.15, 0.2) is 0 Å². The van der Waals surface area contributed by atoms with Crippen LogP contribution in [-0.4, -0.2) is 0 Å². The van der Waals surface area contributed by atoms with Crippen LogP contribution >= 0.6 is 0 Å². The lowest BCUT2D eigenvalue weighted by molar-refractivity contribution is 0.669. The predicted octanol–water partition coefficient (Wildman–Crippen LogP) is 9.23. The molecule has 0 bridgehead atoms. The van der Waals surface area contributed by atoms with E-state index in [0.29, 0.717) is 5.56 Å². The first kappa shape index (κ1) is 12.6. The van der Waals surface area contributed by atoms with E-state index in [0.717, 1.165) is 32.7 Å². The Morgan fingerprint density at radius 3 is 1.67 bits per heavy atom. The standard InChI is InChI=1S/C32H20O/c1-2-10-21(11-3-1)31-25-13-4-6-15-27(25)32(28-16-7-5-14-26(28)31)22-18-19-24-23-12-8-9-17-29(23)33-30(24)20-22/h1-20H/i8D,9D,12D,17D,18D,19D,20D. The van der Waals surface area contributed by atoms with Crippen LogP contribution in [0.3, 0.4) is 0 Å². The Hall–Kier alpha value is -4.36. The van der Waals surface area contributed by atoms with E-state index in [9.17, 15) is 1.37 Å². The maximum atomic E-state index is 9.25. The highest BCUT2D eigenvalue weighted by Crippen LogP contribution is 2.44. The summed E-state index contributed by atoms with van der Waals surface area (Å²) in [6.45, 7) is 0. The quantitative estimate of drug-likeness (QED) is 0.251. The molecule has 0 amide bonds. The van der Waals surface area contributed by atoms with Crippen LogP contribution in [0.2, 0.25) is 0 Å². The Morgan fingerprint density at radius 1 is 0.455 bits per heavy atom. The highest BCUT2D eigenvalue weighted by Gasteiger charge is 2.17. The number of furan rings is 1. The first-order valence-corrected chi connectivity index (χ1v) is 10.7. The Morgan fingerprint density at radius 2 is 1.00 bits per heavy atom. The summed E-state index contributed by atoms with van der Waals surface area (Å²) in [4.78, 5) is 0. The first-order chi connectivity index (χ1) is 19.3. The number of benzene rings is 6. The third-order valence-electron chi connectivity index (χ3n) is 6.13.